The SMILES string of the molecule is COC(=O)c1ccc(OCC2CC(=O)N(c3cc(Cl)ccc3OC)C2)cc1. The molecule has 3 rings (SSSR count). The van der Waals surface area contributed by atoms with E-state index in [1.807, 2.05) is 0 Å². The summed E-state index contributed by atoms with van der Waals surface area (Å²) in [4.78, 5) is 25.6. The van der Waals surface area contributed by atoms with Gasteiger partial charge in [0.15, 0.2) is 0 Å². The molecule has 0 bridgehead atoms. The Bertz CT molecular complexity index is 837. The van der Waals surface area contributed by atoms with Gasteiger partial charge in [0.05, 0.1) is 32.1 Å². The number of ether oxygens (including phenoxy) is 3. The second kappa shape index (κ2) is 8.31. The van der Waals surface area contributed by atoms with Gasteiger partial charge in [-0.25, -0.2) is 4.79 Å². The Morgan fingerprint density at radius 1 is 1.19 bits per heavy atom. The number of amides is 1. The Kier molecular flexibility index (Phi) is 5.86. The zero-order chi connectivity index (χ0) is 19.4. The molecule has 1 aliphatic heterocycles. The third-order valence-corrected chi connectivity index (χ3v) is 4.63. The molecule has 1 fully saturated rings. The Labute approximate surface area is 162 Å². The van der Waals surface area contributed by atoms with Crippen LogP contribution in [0.2, 0.25) is 5.02 Å². The van der Waals surface area contributed by atoms with E-state index in [9.17, 15) is 9.59 Å². The lowest BCUT2D eigenvalue weighted by atomic mass is 10.1. The number of hydrogen-bond donors (Lipinski definition) is 0. The fourth-order valence-corrected chi connectivity index (χ4v) is 3.19. The summed E-state index contributed by atoms with van der Waals surface area (Å²) < 4.78 is 15.8. The molecule has 7 heteroatoms. The van der Waals surface area contributed by atoms with Crippen molar-refractivity contribution in [3.8, 4) is 11.5 Å². The van der Waals surface area contributed by atoms with Gasteiger partial charge in [-0.3, -0.25) is 4.79 Å². The molecule has 0 aromatic heterocycles. The molecule has 27 heavy (non-hydrogen) atoms. The highest BCUT2D eigenvalue weighted by molar-refractivity contribution is 6.31. The van der Waals surface area contributed by atoms with Gasteiger partial charge in [0, 0.05) is 23.9 Å². The number of rotatable bonds is 6. The topological polar surface area (TPSA) is 65.1 Å². The number of halogens is 1. The van der Waals surface area contributed by atoms with Crippen molar-refractivity contribution in [2.75, 3.05) is 32.3 Å². The van der Waals surface area contributed by atoms with Crippen LogP contribution in [0.15, 0.2) is 42.5 Å². The quantitative estimate of drug-likeness (QED) is 0.707. The maximum Gasteiger partial charge on any atom is 0.337 e. The Morgan fingerprint density at radius 3 is 2.59 bits per heavy atom. The largest absolute Gasteiger partial charge is 0.495 e. The van der Waals surface area contributed by atoms with Crippen LogP contribution in [0.3, 0.4) is 0 Å². The number of hydrogen-bond acceptors (Lipinski definition) is 5. The molecule has 0 spiro atoms. The van der Waals surface area contributed by atoms with Gasteiger partial charge in [-0.1, -0.05) is 11.6 Å². The van der Waals surface area contributed by atoms with E-state index in [1.54, 1.807) is 54.5 Å². The minimum Gasteiger partial charge on any atom is -0.495 e. The molecule has 6 nitrogen and oxygen atoms in total. The minimum absolute atomic E-state index is 0.00482. The number of benzene rings is 2. The normalized spacial score (nSPS) is 16.3. The van der Waals surface area contributed by atoms with Crippen LogP contribution in [0.1, 0.15) is 16.8 Å². The van der Waals surface area contributed by atoms with Crippen LogP contribution >= 0.6 is 11.6 Å². The minimum atomic E-state index is -0.394. The smallest absolute Gasteiger partial charge is 0.337 e. The maximum atomic E-state index is 12.4. The second-order valence-corrected chi connectivity index (χ2v) is 6.65. The zero-order valence-corrected chi connectivity index (χ0v) is 15.9. The van der Waals surface area contributed by atoms with Gasteiger partial charge in [-0.2, -0.15) is 0 Å². The van der Waals surface area contributed by atoms with Crippen molar-refractivity contribution in [1.82, 2.24) is 0 Å². The summed E-state index contributed by atoms with van der Waals surface area (Å²) in [5.41, 5.74) is 1.13. The molecule has 0 aliphatic carbocycles. The van der Waals surface area contributed by atoms with Crippen LogP contribution in [-0.4, -0.2) is 39.2 Å². The average molecular weight is 390 g/mol. The van der Waals surface area contributed by atoms with Gasteiger partial charge in [0.1, 0.15) is 11.5 Å². The van der Waals surface area contributed by atoms with Gasteiger partial charge < -0.3 is 19.1 Å². The van der Waals surface area contributed by atoms with E-state index in [-0.39, 0.29) is 11.8 Å². The molecule has 0 radical (unpaired) electrons. The van der Waals surface area contributed by atoms with Crippen LogP contribution in [0.4, 0.5) is 5.69 Å². The highest BCUT2D eigenvalue weighted by Gasteiger charge is 2.32. The van der Waals surface area contributed by atoms with Gasteiger partial charge in [-0.15, -0.1) is 0 Å². The van der Waals surface area contributed by atoms with Crippen LogP contribution in [0.5, 0.6) is 11.5 Å². The first-order valence-electron chi connectivity index (χ1n) is 8.47. The lowest BCUT2D eigenvalue weighted by Crippen LogP contribution is -2.25. The molecule has 1 aliphatic rings. The summed E-state index contributed by atoms with van der Waals surface area (Å²) in [6.45, 7) is 0.915. The summed E-state index contributed by atoms with van der Waals surface area (Å²) in [5, 5.41) is 0.545. The van der Waals surface area contributed by atoms with Crippen molar-refractivity contribution in [2.24, 2.45) is 5.92 Å². The molecule has 2 aromatic carbocycles. The Hall–Kier alpha value is -2.73. The van der Waals surface area contributed by atoms with Crippen LogP contribution in [0.25, 0.3) is 0 Å². The van der Waals surface area contributed by atoms with Crippen molar-refractivity contribution in [1.29, 1.82) is 0 Å². The fraction of sp³-hybridized carbons (Fsp3) is 0.300. The lowest BCUT2D eigenvalue weighted by molar-refractivity contribution is -0.117. The number of nitrogens with zero attached hydrogens (tertiary/aromatic N) is 1. The monoisotopic (exact) mass is 389 g/mol. The van der Waals surface area contributed by atoms with E-state index >= 15 is 0 Å². The van der Waals surface area contributed by atoms with E-state index in [0.717, 1.165) is 0 Å². The highest BCUT2D eigenvalue weighted by atomic mass is 35.5. The number of carbonyl (C=O) groups is 2. The summed E-state index contributed by atoms with van der Waals surface area (Å²) in [5.74, 6) is 0.891. The zero-order valence-electron chi connectivity index (χ0n) is 15.1. The summed E-state index contributed by atoms with van der Waals surface area (Å²) in [6.07, 6.45) is 0.385. The summed E-state index contributed by atoms with van der Waals surface area (Å²) >= 11 is 6.07. The lowest BCUT2D eigenvalue weighted by Gasteiger charge is -2.20. The van der Waals surface area contributed by atoms with Gasteiger partial charge in [0.25, 0.3) is 0 Å². The maximum absolute atomic E-state index is 12.4. The van der Waals surface area contributed by atoms with E-state index in [2.05, 4.69) is 4.74 Å². The molecule has 1 amide bonds. The van der Waals surface area contributed by atoms with E-state index in [1.165, 1.54) is 7.11 Å². The Balaban J connectivity index is 1.63. The molecule has 1 saturated heterocycles. The van der Waals surface area contributed by atoms with Crippen LogP contribution in [0, 0.1) is 5.92 Å². The molecular weight excluding hydrogens is 370 g/mol. The highest BCUT2D eigenvalue weighted by Crippen LogP contribution is 2.35. The number of methoxy groups -OCH3 is 2. The molecule has 1 atom stereocenters. The molecule has 1 heterocycles. The summed E-state index contributed by atoms with van der Waals surface area (Å²) in [6, 6.07) is 11.9. The Morgan fingerprint density at radius 2 is 1.93 bits per heavy atom. The van der Waals surface area contributed by atoms with E-state index < -0.39 is 5.97 Å². The van der Waals surface area contributed by atoms with Crippen LogP contribution in [-0.2, 0) is 9.53 Å². The molecular formula is C20H20ClNO5. The van der Waals surface area contributed by atoms with Gasteiger partial charge in [0.2, 0.25) is 5.91 Å². The van der Waals surface area contributed by atoms with Crippen LogP contribution < -0.4 is 14.4 Å². The predicted molar refractivity (Wildman–Crippen MR) is 102 cm³/mol. The predicted octanol–water partition coefficient (Wildman–Crippen LogP) is 3.57. The molecule has 1 unspecified atom stereocenters. The third kappa shape index (κ3) is 4.34. The first kappa shape index (κ1) is 19.0. The van der Waals surface area contributed by atoms with Gasteiger partial charge in [-0.05, 0) is 42.5 Å². The first-order valence-corrected chi connectivity index (χ1v) is 8.84. The van der Waals surface area contributed by atoms with Crippen molar-refractivity contribution in [2.45, 2.75) is 6.42 Å². The number of carbonyl (C=O) groups excluding carboxylic acids is 2. The standard InChI is InChI=1S/C20H20ClNO5/c1-25-18-8-5-15(21)10-17(18)22-11-13(9-19(22)23)12-27-16-6-3-14(4-7-16)20(24)26-2/h3-8,10,13H,9,11-12H2,1-2H3. The molecule has 142 valence electrons. The van der Waals surface area contributed by atoms with E-state index in [0.29, 0.717) is 47.3 Å². The van der Waals surface area contributed by atoms with E-state index in [4.69, 9.17) is 21.1 Å². The molecule has 0 saturated carbocycles. The molecule has 2 aromatic rings. The van der Waals surface area contributed by atoms with Crippen molar-refractivity contribution in [3.63, 3.8) is 0 Å². The average Bonchev–Trinajstić information content (AvgIpc) is 3.06. The van der Waals surface area contributed by atoms with Crippen molar-refractivity contribution >= 4 is 29.2 Å². The molecule has 0 N–H and O–H groups in total. The van der Waals surface area contributed by atoms with Crippen molar-refractivity contribution < 1.29 is 23.8 Å². The second-order valence-electron chi connectivity index (χ2n) is 6.22. The summed E-state index contributed by atoms with van der Waals surface area (Å²) in [7, 11) is 2.90. The third-order valence-electron chi connectivity index (χ3n) is 4.40. The first-order chi connectivity index (χ1) is 13.0. The fourth-order valence-electron chi connectivity index (χ4n) is 3.02. The van der Waals surface area contributed by atoms with Crippen molar-refractivity contribution in [3.05, 3.63) is 53.1 Å². The number of esters is 1. The van der Waals surface area contributed by atoms with Gasteiger partial charge >= 0.3 is 5.97 Å². The number of anilines is 1.